The largest absolute Gasteiger partial charge is 0.324 e. The average molecular weight is 383 g/mol. The molecule has 4 rings (SSSR count). The summed E-state index contributed by atoms with van der Waals surface area (Å²) in [6, 6.07) is 2.13. The lowest BCUT2D eigenvalue weighted by Gasteiger charge is -2.13. The fourth-order valence-corrected chi connectivity index (χ4v) is 4.26. The molecule has 6 nitrogen and oxygen atoms in total. The van der Waals surface area contributed by atoms with Gasteiger partial charge in [-0.1, -0.05) is 0 Å². The van der Waals surface area contributed by atoms with E-state index < -0.39 is 0 Å². The number of aromatic nitrogens is 5. The first-order chi connectivity index (χ1) is 11.3. The van der Waals surface area contributed by atoms with Crippen LogP contribution < -0.4 is 5.32 Å². The molecule has 0 saturated heterocycles. The van der Waals surface area contributed by atoms with Gasteiger partial charge in [0.1, 0.15) is 10.7 Å². The number of nitrogens with one attached hydrogen (secondary N) is 1. The summed E-state index contributed by atoms with van der Waals surface area (Å²) in [6.45, 7) is 3.50. The summed E-state index contributed by atoms with van der Waals surface area (Å²) >= 11 is 3.53. The molecule has 0 aliphatic carbocycles. The second-order valence-corrected chi connectivity index (χ2v) is 7.27. The van der Waals surface area contributed by atoms with E-state index in [9.17, 15) is 0 Å². The highest BCUT2D eigenvalue weighted by Crippen LogP contribution is 2.21. The van der Waals surface area contributed by atoms with E-state index in [1.807, 2.05) is 12.4 Å². The maximum absolute atomic E-state index is 4.70. The first-order valence-electron chi connectivity index (χ1n) is 7.54. The Bertz CT molecular complexity index is 785. The van der Waals surface area contributed by atoms with Crippen LogP contribution in [0.3, 0.4) is 0 Å². The van der Waals surface area contributed by atoms with Crippen molar-refractivity contribution in [2.45, 2.75) is 25.4 Å². The maximum Gasteiger partial charge on any atom is 0.160 e. The van der Waals surface area contributed by atoms with Crippen molar-refractivity contribution in [1.29, 1.82) is 0 Å². The van der Waals surface area contributed by atoms with Crippen molar-refractivity contribution in [2.75, 3.05) is 12.8 Å². The molecule has 0 fully saturated rings. The summed E-state index contributed by atoms with van der Waals surface area (Å²) in [5.74, 6) is 1.88. The van der Waals surface area contributed by atoms with Crippen LogP contribution in [0, 0.1) is 0 Å². The minimum absolute atomic E-state index is 0. The number of thiazole rings is 1. The Morgan fingerprint density at radius 1 is 1.42 bits per heavy atom. The number of hydrogen-bond acceptors (Lipinski definition) is 6. The Labute approximate surface area is 155 Å². The Hall–Kier alpha value is -1.35. The molecule has 0 saturated carbocycles. The van der Waals surface area contributed by atoms with Crippen LogP contribution in [0.25, 0.3) is 11.5 Å². The molecule has 24 heavy (non-hydrogen) atoms. The maximum atomic E-state index is 4.70. The smallest absolute Gasteiger partial charge is 0.160 e. The molecule has 0 atom stereocenters. The van der Waals surface area contributed by atoms with E-state index in [4.69, 9.17) is 5.10 Å². The van der Waals surface area contributed by atoms with Gasteiger partial charge in [0.05, 0.1) is 24.5 Å². The van der Waals surface area contributed by atoms with Gasteiger partial charge < -0.3 is 9.88 Å². The SMILES string of the molecule is CSCc1nc(Cn2ccnc2-c2cc3n(n2)CCNC3)cs1.Cl. The van der Waals surface area contributed by atoms with Gasteiger partial charge in [0.25, 0.3) is 0 Å². The number of rotatable bonds is 5. The van der Waals surface area contributed by atoms with E-state index in [2.05, 4.69) is 42.2 Å². The summed E-state index contributed by atoms with van der Waals surface area (Å²) in [7, 11) is 0. The lowest BCUT2D eigenvalue weighted by molar-refractivity contribution is 0.476. The van der Waals surface area contributed by atoms with Gasteiger partial charge in [-0.25, -0.2) is 9.97 Å². The normalized spacial score (nSPS) is 13.5. The number of halogens is 1. The second-order valence-electron chi connectivity index (χ2n) is 5.47. The molecule has 0 radical (unpaired) electrons. The standard InChI is InChI=1S/C15H18N6S2.ClH/c1-22-10-14-18-11(9-23-14)8-20-4-3-17-15(20)13-6-12-7-16-2-5-21(12)19-13;/h3-4,6,9,16H,2,5,7-8,10H2,1H3;1H. The van der Waals surface area contributed by atoms with Crippen molar-refractivity contribution in [1.82, 2.24) is 29.6 Å². The fourth-order valence-electron chi connectivity index (χ4n) is 2.76. The molecule has 1 N–H and O–H groups in total. The molecule has 0 unspecified atom stereocenters. The zero-order chi connectivity index (χ0) is 15.6. The van der Waals surface area contributed by atoms with E-state index in [-0.39, 0.29) is 12.4 Å². The average Bonchev–Trinajstić information content (AvgIpc) is 3.27. The third kappa shape index (κ3) is 3.51. The van der Waals surface area contributed by atoms with Gasteiger partial charge in [-0.05, 0) is 12.3 Å². The number of nitrogens with zero attached hydrogens (tertiary/aromatic N) is 5. The minimum atomic E-state index is 0. The summed E-state index contributed by atoms with van der Waals surface area (Å²) in [4.78, 5) is 9.20. The lowest BCUT2D eigenvalue weighted by Crippen LogP contribution is -2.28. The first kappa shape index (κ1) is 17.5. The van der Waals surface area contributed by atoms with Crippen molar-refractivity contribution < 1.29 is 0 Å². The Kier molecular flexibility index (Phi) is 5.60. The molecule has 0 amide bonds. The molecule has 3 aromatic heterocycles. The van der Waals surface area contributed by atoms with E-state index in [1.54, 1.807) is 23.1 Å². The predicted octanol–water partition coefficient (Wildman–Crippen LogP) is 2.64. The van der Waals surface area contributed by atoms with Crippen molar-refractivity contribution in [3.8, 4) is 11.5 Å². The number of hydrogen-bond donors (Lipinski definition) is 1. The van der Waals surface area contributed by atoms with E-state index in [0.717, 1.165) is 49.1 Å². The molecule has 0 spiro atoms. The highest BCUT2D eigenvalue weighted by Gasteiger charge is 2.16. The third-order valence-electron chi connectivity index (χ3n) is 3.81. The van der Waals surface area contributed by atoms with Crippen LogP contribution in [-0.2, 0) is 25.4 Å². The van der Waals surface area contributed by atoms with Crippen molar-refractivity contribution in [2.24, 2.45) is 0 Å². The summed E-state index contributed by atoms with van der Waals surface area (Å²) in [5.41, 5.74) is 3.24. The van der Waals surface area contributed by atoms with Gasteiger partial charge in [0.15, 0.2) is 5.82 Å². The highest BCUT2D eigenvalue weighted by atomic mass is 35.5. The van der Waals surface area contributed by atoms with Gasteiger partial charge in [0, 0.05) is 36.6 Å². The Balaban J connectivity index is 0.00000169. The molecule has 1 aliphatic heterocycles. The topological polar surface area (TPSA) is 60.6 Å². The third-order valence-corrected chi connectivity index (χ3v) is 5.46. The van der Waals surface area contributed by atoms with Crippen LogP contribution in [0.5, 0.6) is 0 Å². The molecule has 0 aromatic carbocycles. The molecule has 1 aliphatic rings. The number of thioether (sulfide) groups is 1. The summed E-state index contributed by atoms with van der Waals surface area (Å²) < 4.78 is 4.20. The van der Waals surface area contributed by atoms with Crippen LogP contribution >= 0.6 is 35.5 Å². The van der Waals surface area contributed by atoms with E-state index >= 15 is 0 Å². The first-order valence-corrected chi connectivity index (χ1v) is 9.82. The fraction of sp³-hybridized carbons (Fsp3) is 0.400. The van der Waals surface area contributed by atoms with Crippen LogP contribution in [0.2, 0.25) is 0 Å². The van der Waals surface area contributed by atoms with Crippen molar-refractivity contribution in [3.05, 3.63) is 40.2 Å². The molecular formula is C15H19ClN6S2. The van der Waals surface area contributed by atoms with Crippen molar-refractivity contribution in [3.63, 3.8) is 0 Å². The lowest BCUT2D eigenvalue weighted by atomic mass is 10.3. The van der Waals surface area contributed by atoms with Gasteiger partial charge in [0.2, 0.25) is 0 Å². The van der Waals surface area contributed by atoms with E-state index in [1.165, 1.54) is 10.7 Å². The van der Waals surface area contributed by atoms with Gasteiger partial charge in [-0.3, -0.25) is 4.68 Å². The molecule has 3 aromatic rings. The summed E-state index contributed by atoms with van der Waals surface area (Å²) in [6.07, 6.45) is 5.94. The Morgan fingerprint density at radius 2 is 2.33 bits per heavy atom. The molecule has 0 bridgehead atoms. The Morgan fingerprint density at radius 3 is 3.17 bits per heavy atom. The molecule has 9 heteroatoms. The van der Waals surface area contributed by atoms with Gasteiger partial charge in [-0.2, -0.15) is 16.9 Å². The van der Waals surface area contributed by atoms with Gasteiger partial charge in [-0.15, -0.1) is 23.7 Å². The quantitative estimate of drug-likeness (QED) is 0.735. The van der Waals surface area contributed by atoms with Gasteiger partial charge >= 0.3 is 0 Å². The summed E-state index contributed by atoms with van der Waals surface area (Å²) in [5, 5.41) is 11.4. The molecule has 128 valence electrons. The highest BCUT2D eigenvalue weighted by molar-refractivity contribution is 7.97. The van der Waals surface area contributed by atoms with Crippen LogP contribution in [0.15, 0.2) is 23.8 Å². The number of imidazole rings is 1. The zero-order valence-corrected chi connectivity index (χ0v) is 15.8. The molecule has 4 heterocycles. The van der Waals surface area contributed by atoms with Crippen LogP contribution in [0.1, 0.15) is 16.4 Å². The second kappa shape index (κ2) is 7.69. The van der Waals surface area contributed by atoms with Crippen molar-refractivity contribution >= 4 is 35.5 Å². The molecular weight excluding hydrogens is 364 g/mol. The number of fused-ring (bicyclic) bond motifs is 1. The van der Waals surface area contributed by atoms with E-state index in [0.29, 0.717) is 0 Å². The predicted molar refractivity (Wildman–Crippen MR) is 101 cm³/mol. The monoisotopic (exact) mass is 382 g/mol. The van der Waals surface area contributed by atoms with Crippen LogP contribution in [-0.4, -0.2) is 37.1 Å². The van der Waals surface area contributed by atoms with Crippen LogP contribution in [0.4, 0.5) is 0 Å². The zero-order valence-electron chi connectivity index (χ0n) is 13.3. The minimum Gasteiger partial charge on any atom is -0.324 e.